The van der Waals surface area contributed by atoms with Crippen molar-refractivity contribution in [2.45, 2.75) is 31.1 Å². The predicted octanol–water partition coefficient (Wildman–Crippen LogP) is 5.58. The van der Waals surface area contributed by atoms with Crippen molar-refractivity contribution in [2.75, 3.05) is 4.90 Å². The Morgan fingerprint density at radius 1 is 0.900 bits per heavy atom. The van der Waals surface area contributed by atoms with Gasteiger partial charge in [0.05, 0.1) is 11.4 Å². The number of aromatic hydroxyl groups is 1. The second-order valence-electron chi connectivity index (χ2n) is 9.58. The Balaban J connectivity index is 1.45. The number of phenolic OH excluding ortho intramolecular Hbond substituents is 1. The minimum atomic E-state index is -4.38. The molecule has 206 valence electrons. The average molecular weight is 564 g/mol. The Morgan fingerprint density at radius 3 is 2.17 bits per heavy atom. The lowest BCUT2D eigenvalue weighted by Gasteiger charge is -2.26. The van der Waals surface area contributed by atoms with Gasteiger partial charge < -0.3 is 24.7 Å². The monoisotopic (exact) mass is 563 g/mol. The molecule has 0 radical (unpaired) electrons. The van der Waals surface area contributed by atoms with E-state index in [1.807, 2.05) is 6.07 Å². The van der Waals surface area contributed by atoms with E-state index in [-0.39, 0.29) is 23.9 Å². The van der Waals surface area contributed by atoms with Crippen LogP contribution >= 0.6 is 7.60 Å². The molecule has 0 saturated carbocycles. The van der Waals surface area contributed by atoms with Gasteiger partial charge in [-0.1, -0.05) is 54.6 Å². The lowest BCUT2D eigenvalue weighted by molar-refractivity contribution is 0.100. The molecule has 3 unspecified atom stereocenters. The fourth-order valence-electron chi connectivity index (χ4n) is 4.94. The van der Waals surface area contributed by atoms with E-state index in [4.69, 9.17) is 4.74 Å². The quantitative estimate of drug-likeness (QED) is 0.206. The maximum atomic E-state index is 13.3. The van der Waals surface area contributed by atoms with E-state index in [1.165, 1.54) is 47.4 Å². The molecule has 4 aromatic carbocycles. The third-order valence-electron chi connectivity index (χ3n) is 6.98. The number of ether oxygens (including phenoxy) is 1. The van der Waals surface area contributed by atoms with Crippen LogP contribution in [0.25, 0.3) is 11.1 Å². The van der Waals surface area contributed by atoms with Gasteiger partial charge in [0.1, 0.15) is 23.7 Å². The van der Waals surface area contributed by atoms with Gasteiger partial charge in [0, 0.05) is 11.3 Å². The van der Waals surface area contributed by atoms with Gasteiger partial charge in [0.15, 0.2) is 0 Å². The summed E-state index contributed by atoms with van der Waals surface area (Å²) in [5, 5.41) is 21.7. The number of carbonyl (C=O) groups is 1. The number of nitrogens with zero attached hydrogens (tertiary/aromatic N) is 1. The van der Waals surface area contributed by atoms with Crippen LogP contribution in [0.15, 0.2) is 97.1 Å². The van der Waals surface area contributed by atoms with Gasteiger partial charge in [-0.15, -0.1) is 0 Å². The Bertz CT molecular complexity index is 1540. The Labute approximate surface area is 230 Å². The van der Waals surface area contributed by atoms with Crippen molar-refractivity contribution in [3.8, 4) is 16.9 Å². The van der Waals surface area contributed by atoms with Crippen molar-refractivity contribution in [1.29, 1.82) is 0 Å². The molecule has 0 spiro atoms. The molecule has 3 atom stereocenters. The lowest BCUT2D eigenvalue weighted by Crippen LogP contribution is -2.29. The number of anilines is 1. The molecule has 1 fully saturated rings. The number of benzene rings is 4. The maximum Gasteiger partial charge on any atom is 0.415 e. The maximum absolute atomic E-state index is 13.3. The molecule has 8 nitrogen and oxygen atoms in total. The zero-order valence-corrected chi connectivity index (χ0v) is 22.1. The number of aliphatic hydroxyl groups excluding tert-OH is 1. The van der Waals surface area contributed by atoms with E-state index in [1.54, 1.807) is 48.5 Å². The van der Waals surface area contributed by atoms with Crippen molar-refractivity contribution in [1.82, 2.24) is 0 Å². The van der Waals surface area contributed by atoms with Gasteiger partial charge in [-0.25, -0.2) is 9.18 Å². The highest BCUT2D eigenvalue weighted by molar-refractivity contribution is 7.60. The summed E-state index contributed by atoms with van der Waals surface area (Å²) < 4.78 is 30.6. The number of aliphatic hydroxyl groups is 1. The van der Waals surface area contributed by atoms with E-state index in [0.717, 1.165) is 0 Å². The molecule has 0 bridgehead atoms. The molecule has 1 aliphatic rings. The first-order valence-electron chi connectivity index (χ1n) is 12.6. The Kier molecular flexibility index (Phi) is 7.74. The normalized spacial score (nSPS) is 18.0. The van der Waals surface area contributed by atoms with Crippen LogP contribution in [0.2, 0.25) is 0 Å². The molecule has 5 rings (SSSR count). The molecular weight excluding hydrogens is 536 g/mol. The summed E-state index contributed by atoms with van der Waals surface area (Å²) in [7, 11) is -4.38. The lowest BCUT2D eigenvalue weighted by atomic mass is 9.92. The standard InChI is InChI=1S/C30H27FNO7P/c31-22-11-6-20(7-12-22)26(33)16-17-28-29(32(30(35)39-28)23-4-2-1-3-5-23)25-15-10-21(18-27(25)34)19-8-13-24(14-9-19)40(36,37)38/h1-15,18,26,28-29,33-34H,16-17H2,(H2,36,37,38). The molecule has 10 heteroatoms. The topological polar surface area (TPSA) is 128 Å². The largest absolute Gasteiger partial charge is 0.508 e. The first-order chi connectivity index (χ1) is 19.1. The highest BCUT2D eigenvalue weighted by atomic mass is 31.2. The summed E-state index contributed by atoms with van der Waals surface area (Å²) in [6.45, 7) is 0. The highest BCUT2D eigenvalue weighted by Crippen LogP contribution is 2.44. The van der Waals surface area contributed by atoms with Crippen LogP contribution in [0.1, 0.15) is 36.1 Å². The molecule has 0 aromatic heterocycles. The number of carbonyl (C=O) groups excluding carboxylic acids is 1. The first kappa shape index (κ1) is 27.6. The van der Waals surface area contributed by atoms with Gasteiger partial charge in [0.25, 0.3) is 0 Å². The molecule has 1 saturated heterocycles. The van der Waals surface area contributed by atoms with Crippen LogP contribution in [0.4, 0.5) is 14.9 Å². The molecule has 1 heterocycles. The molecule has 4 N–H and O–H groups in total. The van der Waals surface area contributed by atoms with Crippen molar-refractivity contribution >= 4 is 24.7 Å². The summed E-state index contributed by atoms with van der Waals surface area (Å²) >= 11 is 0. The third kappa shape index (κ3) is 5.78. The number of para-hydroxylation sites is 1. The van der Waals surface area contributed by atoms with Crippen molar-refractivity contribution in [3.63, 3.8) is 0 Å². The fourth-order valence-corrected chi connectivity index (χ4v) is 5.47. The van der Waals surface area contributed by atoms with Gasteiger partial charge >= 0.3 is 13.7 Å². The number of rotatable bonds is 8. The van der Waals surface area contributed by atoms with Crippen LogP contribution in [-0.4, -0.2) is 32.2 Å². The van der Waals surface area contributed by atoms with Crippen molar-refractivity contribution < 1.29 is 38.5 Å². The average Bonchev–Trinajstić information content (AvgIpc) is 3.27. The summed E-state index contributed by atoms with van der Waals surface area (Å²) in [4.78, 5) is 33.3. The van der Waals surface area contributed by atoms with E-state index in [9.17, 15) is 33.7 Å². The number of hydrogen-bond donors (Lipinski definition) is 4. The van der Waals surface area contributed by atoms with Crippen LogP contribution in [0.5, 0.6) is 5.75 Å². The summed E-state index contributed by atoms with van der Waals surface area (Å²) in [6.07, 6.45) is -1.70. The third-order valence-corrected chi connectivity index (χ3v) is 7.95. The first-order valence-corrected chi connectivity index (χ1v) is 14.2. The van der Waals surface area contributed by atoms with Crippen LogP contribution in [0, 0.1) is 5.82 Å². The van der Waals surface area contributed by atoms with Gasteiger partial charge in [0.2, 0.25) is 0 Å². The summed E-state index contributed by atoms with van der Waals surface area (Å²) in [5.41, 5.74) is 2.80. The Hall–Kier alpha value is -4.01. The van der Waals surface area contributed by atoms with Gasteiger partial charge in [-0.05, 0) is 72.0 Å². The molecule has 40 heavy (non-hydrogen) atoms. The second kappa shape index (κ2) is 11.2. The van der Waals surface area contributed by atoms with E-state index in [0.29, 0.717) is 27.9 Å². The number of cyclic esters (lactones) is 1. The minimum Gasteiger partial charge on any atom is -0.508 e. The number of phenols is 1. The van der Waals surface area contributed by atoms with Crippen LogP contribution in [0.3, 0.4) is 0 Å². The molecule has 1 amide bonds. The van der Waals surface area contributed by atoms with Crippen molar-refractivity contribution in [3.05, 3.63) is 114 Å². The number of amides is 1. The molecule has 1 aliphatic heterocycles. The molecular formula is C30H27FNO7P. The van der Waals surface area contributed by atoms with Crippen molar-refractivity contribution in [2.24, 2.45) is 0 Å². The zero-order chi connectivity index (χ0) is 28.4. The van der Waals surface area contributed by atoms with Gasteiger partial charge in [-0.2, -0.15) is 0 Å². The van der Waals surface area contributed by atoms with Gasteiger partial charge in [-0.3, -0.25) is 9.46 Å². The predicted molar refractivity (Wildman–Crippen MR) is 148 cm³/mol. The summed E-state index contributed by atoms with van der Waals surface area (Å²) in [6, 6.07) is 24.5. The zero-order valence-electron chi connectivity index (χ0n) is 21.2. The molecule has 4 aromatic rings. The highest BCUT2D eigenvalue weighted by Gasteiger charge is 2.44. The van der Waals surface area contributed by atoms with Crippen LogP contribution < -0.4 is 10.2 Å². The number of hydrogen-bond acceptors (Lipinski definition) is 5. The van der Waals surface area contributed by atoms with E-state index < -0.39 is 37.8 Å². The fraction of sp³-hybridized carbons (Fsp3) is 0.167. The summed E-state index contributed by atoms with van der Waals surface area (Å²) in [5.74, 6) is -0.499. The van der Waals surface area contributed by atoms with E-state index in [2.05, 4.69) is 0 Å². The second-order valence-corrected chi connectivity index (χ2v) is 11.2. The smallest absolute Gasteiger partial charge is 0.415 e. The minimum absolute atomic E-state index is 0.0927. The Morgan fingerprint density at radius 2 is 1.55 bits per heavy atom. The molecule has 0 aliphatic carbocycles. The number of halogens is 1. The SMILES string of the molecule is O=C1OC(CCC(O)c2ccc(F)cc2)C(c2ccc(-c3ccc(P(=O)(O)O)cc3)cc2O)N1c1ccccc1. The van der Waals surface area contributed by atoms with Crippen LogP contribution in [-0.2, 0) is 9.30 Å². The van der Waals surface area contributed by atoms with E-state index >= 15 is 0 Å².